The van der Waals surface area contributed by atoms with Gasteiger partial charge in [0.15, 0.2) is 5.96 Å². The number of aryl methyl sites for hydroxylation is 2. The summed E-state index contributed by atoms with van der Waals surface area (Å²) in [6.45, 7) is 10.1. The van der Waals surface area contributed by atoms with E-state index in [1.54, 1.807) is 0 Å². The van der Waals surface area contributed by atoms with Crippen LogP contribution in [-0.2, 0) is 6.54 Å². The van der Waals surface area contributed by atoms with Gasteiger partial charge in [-0.25, -0.2) is 4.98 Å². The summed E-state index contributed by atoms with van der Waals surface area (Å²) in [5.41, 5.74) is 2.31. The summed E-state index contributed by atoms with van der Waals surface area (Å²) in [6.07, 6.45) is 4.76. The Morgan fingerprint density at radius 3 is 2.59 bits per heavy atom. The number of nitrogens with one attached hydrogen (secondary N) is 2. The van der Waals surface area contributed by atoms with E-state index in [0.29, 0.717) is 12.0 Å². The van der Waals surface area contributed by atoms with Gasteiger partial charge >= 0.3 is 0 Å². The number of nitrogens with zero attached hydrogens (tertiary/aromatic N) is 4. The minimum atomic E-state index is 0.421. The average molecular weight is 439 g/mol. The molecule has 2 N–H and O–H groups in total. The third-order valence-corrected chi connectivity index (χ3v) is 6.80. The van der Waals surface area contributed by atoms with E-state index >= 15 is 0 Å². The Morgan fingerprint density at radius 1 is 1.12 bits per heavy atom. The maximum absolute atomic E-state index is 5.75. The average Bonchev–Trinajstić information content (AvgIpc) is 3.14. The molecule has 2 aromatic rings. The highest BCUT2D eigenvalue weighted by Gasteiger charge is 2.23. The Morgan fingerprint density at radius 2 is 1.91 bits per heavy atom. The minimum Gasteiger partial charge on any atom is -0.444 e. The Kier molecular flexibility index (Phi) is 7.68. The quantitative estimate of drug-likeness (QED) is 0.533. The van der Waals surface area contributed by atoms with Crippen molar-refractivity contribution in [3.05, 3.63) is 47.7 Å². The van der Waals surface area contributed by atoms with Crippen molar-refractivity contribution in [1.29, 1.82) is 0 Å². The van der Waals surface area contributed by atoms with E-state index in [1.165, 1.54) is 31.4 Å². The van der Waals surface area contributed by atoms with Crippen molar-refractivity contribution in [2.45, 2.75) is 52.1 Å². The van der Waals surface area contributed by atoms with Gasteiger partial charge in [-0.1, -0.05) is 18.2 Å². The van der Waals surface area contributed by atoms with Gasteiger partial charge < -0.3 is 20.0 Å². The van der Waals surface area contributed by atoms with Gasteiger partial charge in [0.05, 0.1) is 12.2 Å². The smallest absolute Gasteiger partial charge is 0.208 e. The van der Waals surface area contributed by atoms with Crippen LogP contribution in [0, 0.1) is 19.8 Å². The summed E-state index contributed by atoms with van der Waals surface area (Å²) in [6, 6.07) is 11.1. The van der Waals surface area contributed by atoms with Gasteiger partial charge in [0, 0.05) is 38.4 Å². The van der Waals surface area contributed by atoms with E-state index in [1.807, 2.05) is 20.9 Å². The number of aromatic nitrogens is 1. The van der Waals surface area contributed by atoms with Crippen molar-refractivity contribution in [3.63, 3.8) is 0 Å². The molecule has 174 valence electrons. The van der Waals surface area contributed by atoms with Gasteiger partial charge in [0.1, 0.15) is 5.76 Å². The van der Waals surface area contributed by atoms with E-state index in [2.05, 4.69) is 60.7 Å². The van der Waals surface area contributed by atoms with Crippen LogP contribution in [-0.4, -0.2) is 61.7 Å². The van der Waals surface area contributed by atoms with Crippen LogP contribution in [0.25, 0.3) is 0 Å². The predicted octanol–water partition coefficient (Wildman–Crippen LogP) is 3.34. The molecule has 4 rings (SSSR count). The number of hydrogen-bond donors (Lipinski definition) is 2. The fourth-order valence-corrected chi connectivity index (χ4v) is 4.74. The molecule has 0 saturated carbocycles. The zero-order valence-corrected chi connectivity index (χ0v) is 19.8. The molecule has 32 heavy (non-hydrogen) atoms. The number of benzene rings is 1. The molecule has 7 heteroatoms. The molecule has 0 radical (unpaired) electrons. The standard InChI is InChI=1S/C25H38N6O/c1-19-20(2)32-24(28-19)18-30-14-11-21(12-15-30)16-27-25(26-3)29-22-8-7-13-31(17-22)23-9-5-4-6-10-23/h4-6,9-10,21-22H,7-8,11-18H2,1-3H3,(H2,26,27,29). The van der Waals surface area contributed by atoms with Crippen molar-refractivity contribution >= 4 is 11.6 Å². The maximum Gasteiger partial charge on any atom is 0.208 e. The third kappa shape index (κ3) is 6.03. The number of piperidine rings is 2. The lowest BCUT2D eigenvalue weighted by molar-refractivity contribution is 0.164. The van der Waals surface area contributed by atoms with Gasteiger partial charge in [0.25, 0.3) is 0 Å². The van der Waals surface area contributed by atoms with Gasteiger partial charge in [-0.15, -0.1) is 0 Å². The summed E-state index contributed by atoms with van der Waals surface area (Å²) in [7, 11) is 1.87. The molecule has 3 heterocycles. The molecule has 1 aromatic carbocycles. The first-order valence-corrected chi connectivity index (χ1v) is 12.0. The second kappa shape index (κ2) is 10.9. The molecule has 2 aliphatic rings. The molecule has 7 nitrogen and oxygen atoms in total. The maximum atomic E-state index is 5.75. The van der Waals surface area contributed by atoms with Crippen LogP contribution in [0.4, 0.5) is 5.69 Å². The molecule has 2 saturated heterocycles. The highest BCUT2D eigenvalue weighted by atomic mass is 16.4. The van der Waals surface area contributed by atoms with Crippen LogP contribution in [0.15, 0.2) is 39.7 Å². The fourth-order valence-electron chi connectivity index (χ4n) is 4.74. The SMILES string of the molecule is CN=C(NCC1CCN(Cc2nc(C)c(C)o2)CC1)NC1CCCN(c2ccccc2)C1. The molecule has 2 aliphatic heterocycles. The largest absolute Gasteiger partial charge is 0.444 e. The lowest BCUT2D eigenvalue weighted by atomic mass is 9.97. The first-order valence-electron chi connectivity index (χ1n) is 12.0. The Bertz CT molecular complexity index is 852. The van der Waals surface area contributed by atoms with E-state index < -0.39 is 0 Å². The van der Waals surface area contributed by atoms with Crippen molar-refractivity contribution in [3.8, 4) is 0 Å². The fraction of sp³-hybridized carbons (Fsp3) is 0.600. The molecule has 0 spiro atoms. The number of likely N-dealkylation sites (tertiary alicyclic amines) is 1. The molecule has 1 aromatic heterocycles. The van der Waals surface area contributed by atoms with Crippen LogP contribution < -0.4 is 15.5 Å². The summed E-state index contributed by atoms with van der Waals surface area (Å²) in [5.74, 6) is 3.38. The van der Waals surface area contributed by atoms with Crippen molar-refractivity contribution < 1.29 is 4.42 Å². The molecule has 0 aliphatic carbocycles. The summed E-state index contributed by atoms with van der Waals surface area (Å²) < 4.78 is 5.75. The first kappa shape index (κ1) is 22.6. The van der Waals surface area contributed by atoms with Crippen molar-refractivity contribution in [1.82, 2.24) is 20.5 Å². The first-order chi connectivity index (χ1) is 15.6. The molecule has 2 fully saturated rings. The second-order valence-electron chi connectivity index (χ2n) is 9.19. The Labute approximate surface area is 192 Å². The number of hydrogen-bond acceptors (Lipinski definition) is 5. The lowest BCUT2D eigenvalue weighted by Gasteiger charge is -2.36. The number of guanidine groups is 1. The van der Waals surface area contributed by atoms with Gasteiger partial charge in [-0.05, 0) is 70.7 Å². The van der Waals surface area contributed by atoms with Crippen molar-refractivity contribution in [2.24, 2.45) is 10.9 Å². The van der Waals surface area contributed by atoms with Crippen molar-refractivity contribution in [2.75, 3.05) is 44.7 Å². The van der Waals surface area contributed by atoms with E-state index in [0.717, 1.165) is 62.6 Å². The normalized spacial score (nSPS) is 21.0. The van der Waals surface area contributed by atoms with Crippen LogP contribution >= 0.6 is 0 Å². The number of rotatable bonds is 6. The van der Waals surface area contributed by atoms with E-state index in [-0.39, 0.29) is 0 Å². The Balaban J connectivity index is 1.19. The van der Waals surface area contributed by atoms with Gasteiger partial charge in [-0.3, -0.25) is 9.89 Å². The number of aliphatic imine (C=N–C) groups is 1. The van der Waals surface area contributed by atoms with E-state index in [4.69, 9.17) is 4.42 Å². The monoisotopic (exact) mass is 438 g/mol. The molecule has 0 amide bonds. The number of oxazole rings is 1. The molecule has 1 unspecified atom stereocenters. The number of para-hydroxylation sites is 1. The van der Waals surface area contributed by atoms with Gasteiger partial charge in [-0.2, -0.15) is 0 Å². The van der Waals surface area contributed by atoms with Crippen LogP contribution in [0.5, 0.6) is 0 Å². The molecular weight excluding hydrogens is 400 g/mol. The van der Waals surface area contributed by atoms with Gasteiger partial charge in [0.2, 0.25) is 5.89 Å². The topological polar surface area (TPSA) is 68.9 Å². The summed E-state index contributed by atoms with van der Waals surface area (Å²) in [5, 5.41) is 7.25. The highest BCUT2D eigenvalue weighted by molar-refractivity contribution is 5.80. The zero-order chi connectivity index (χ0) is 22.3. The molecular formula is C25H38N6O. The number of anilines is 1. The lowest BCUT2D eigenvalue weighted by Crippen LogP contribution is -2.52. The second-order valence-corrected chi connectivity index (χ2v) is 9.19. The Hall–Kier alpha value is -2.54. The van der Waals surface area contributed by atoms with Crippen LogP contribution in [0.3, 0.4) is 0 Å². The third-order valence-electron chi connectivity index (χ3n) is 6.80. The predicted molar refractivity (Wildman–Crippen MR) is 130 cm³/mol. The minimum absolute atomic E-state index is 0.421. The van der Waals surface area contributed by atoms with Crippen LogP contribution in [0.1, 0.15) is 43.0 Å². The summed E-state index contributed by atoms with van der Waals surface area (Å²) >= 11 is 0. The highest BCUT2D eigenvalue weighted by Crippen LogP contribution is 2.21. The molecule has 1 atom stereocenters. The molecule has 0 bridgehead atoms. The van der Waals surface area contributed by atoms with Crippen LogP contribution in [0.2, 0.25) is 0 Å². The van der Waals surface area contributed by atoms with E-state index in [9.17, 15) is 0 Å². The zero-order valence-electron chi connectivity index (χ0n) is 19.8. The summed E-state index contributed by atoms with van der Waals surface area (Å²) in [4.78, 5) is 13.9.